The molecule has 2 aromatic rings. The van der Waals surface area contributed by atoms with Crippen molar-refractivity contribution in [2.75, 3.05) is 6.26 Å². The third-order valence-electron chi connectivity index (χ3n) is 2.56. The highest BCUT2D eigenvalue weighted by molar-refractivity contribution is 7.89. The summed E-state index contributed by atoms with van der Waals surface area (Å²) >= 11 is 0. The minimum atomic E-state index is -4.61. The summed E-state index contributed by atoms with van der Waals surface area (Å²) in [6.07, 6.45) is -2.84. The van der Waals surface area contributed by atoms with E-state index in [0.29, 0.717) is 4.68 Å². The maximum absolute atomic E-state index is 12.8. The Balaban J connectivity index is 2.42. The number of hydrogen-bond donors (Lipinski definition) is 1. The molecule has 0 aliphatic heterocycles. The van der Waals surface area contributed by atoms with Gasteiger partial charge in [-0.25, -0.2) is 17.8 Å². The van der Waals surface area contributed by atoms with Crippen molar-refractivity contribution in [1.29, 1.82) is 0 Å². The third-order valence-corrected chi connectivity index (χ3v) is 3.12. The molecule has 1 aromatic carbocycles. The predicted molar refractivity (Wildman–Crippen MR) is 70.9 cm³/mol. The Hall–Kier alpha value is -2.36. The van der Waals surface area contributed by atoms with Gasteiger partial charge in [-0.2, -0.15) is 18.3 Å². The fraction of sp³-hybridized carbons (Fsp3) is 0.167. The second-order valence-corrected chi connectivity index (χ2v) is 6.13. The summed E-state index contributed by atoms with van der Waals surface area (Å²) in [5.41, 5.74) is -1.13. The van der Waals surface area contributed by atoms with Gasteiger partial charge in [0.05, 0.1) is 18.1 Å². The monoisotopic (exact) mass is 333 g/mol. The quantitative estimate of drug-likeness (QED) is 0.925. The molecule has 0 fully saturated rings. The van der Waals surface area contributed by atoms with Crippen LogP contribution >= 0.6 is 0 Å². The number of rotatable bonds is 3. The Bertz CT molecular complexity index is 812. The van der Waals surface area contributed by atoms with E-state index in [4.69, 9.17) is 0 Å². The van der Waals surface area contributed by atoms with Gasteiger partial charge >= 0.3 is 6.18 Å². The van der Waals surface area contributed by atoms with Gasteiger partial charge in [0.15, 0.2) is 0 Å². The van der Waals surface area contributed by atoms with Crippen LogP contribution in [0.2, 0.25) is 0 Å². The molecule has 0 bridgehead atoms. The van der Waals surface area contributed by atoms with Crippen LogP contribution in [0.4, 0.5) is 13.2 Å². The Morgan fingerprint density at radius 1 is 1.27 bits per heavy atom. The van der Waals surface area contributed by atoms with Crippen LogP contribution in [0.3, 0.4) is 0 Å². The first-order chi connectivity index (χ1) is 10.1. The van der Waals surface area contributed by atoms with E-state index in [9.17, 15) is 26.4 Å². The molecule has 22 heavy (non-hydrogen) atoms. The lowest BCUT2D eigenvalue weighted by atomic mass is 10.2. The van der Waals surface area contributed by atoms with Crippen molar-refractivity contribution < 1.29 is 26.4 Å². The number of aromatic nitrogens is 2. The Morgan fingerprint density at radius 3 is 2.55 bits per heavy atom. The number of amides is 1. The van der Waals surface area contributed by atoms with E-state index >= 15 is 0 Å². The largest absolute Gasteiger partial charge is 0.433 e. The Kier molecular flexibility index (Phi) is 3.96. The maximum atomic E-state index is 12.8. The first-order valence-corrected chi connectivity index (χ1v) is 7.71. The minimum Gasteiger partial charge on any atom is -0.268 e. The number of alkyl halides is 3. The van der Waals surface area contributed by atoms with Crippen LogP contribution in [0.5, 0.6) is 0 Å². The van der Waals surface area contributed by atoms with Crippen molar-refractivity contribution in [2.45, 2.75) is 6.18 Å². The lowest BCUT2D eigenvalue weighted by Gasteiger charge is -2.11. The highest BCUT2D eigenvalue weighted by atomic mass is 32.2. The second kappa shape index (κ2) is 5.44. The second-order valence-electron chi connectivity index (χ2n) is 4.38. The van der Waals surface area contributed by atoms with Gasteiger partial charge in [0.25, 0.3) is 5.91 Å². The van der Waals surface area contributed by atoms with Crippen molar-refractivity contribution in [3.05, 3.63) is 47.8 Å². The first kappa shape index (κ1) is 16.0. The van der Waals surface area contributed by atoms with Gasteiger partial charge in [-0.3, -0.25) is 4.79 Å². The molecule has 1 aromatic heterocycles. The van der Waals surface area contributed by atoms with E-state index in [0.717, 1.165) is 24.6 Å². The summed E-state index contributed by atoms with van der Waals surface area (Å²) < 4.78 is 62.9. The topological polar surface area (TPSA) is 81.1 Å². The zero-order valence-electron chi connectivity index (χ0n) is 11.1. The van der Waals surface area contributed by atoms with E-state index in [-0.39, 0.29) is 11.3 Å². The van der Waals surface area contributed by atoms with Crippen LogP contribution in [-0.4, -0.2) is 30.4 Å². The average Bonchev–Trinajstić information content (AvgIpc) is 2.86. The summed E-state index contributed by atoms with van der Waals surface area (Å²) in [4.78, 5) is 11.7. The summed E-state index contributed by atoms with van der Waals surface area (Å²) in [6.45, 7) is 0. The first-order valence-electron chi connectivity index (χ1n) is 5.82. The molecule has 0 atom stereocenters. The van der Waals surface area contributed by atoms with Crippen LogP contribution in [0.25, 0.3) is 5.69 Å². The summed E-state index contributed by atoms with van der Waals surface area (Å²) in [7, 11) is -3.77. The molecule has 2 rings (SSSR count). The third kappa shape index (κ3) is 3.64. The van der Waals surface area contributed by atoms with Gasteiger partial charge in [-0.15, -0.1) is 0 Å². The van der Waals surface area contributed by atoms with E-state index in [1.165, 1.54) is 18.2 Å². The number of halogens is 3. The van der Waals surface area contributed by atoms with Gasteiger partial charge in [-0.05, 0) is 24.3 Å². The molecular formula is C12H10F3N3O3S. The fourth-order valence-electron chi connectivity index (χ4n) is 1.73. The van der Waals surface area contributed by atoms with Crippen molar-refractivity contribution in [3.63, 3.8) is 0 Å². The molecule has 0 unspecified atom stereocenters. The van der Waals surface area contributed by atoms with Gasteiger partial charge in [0.1, 0.15) is 5.69 Å². The standard InChI is InChI=1S/C12H10F3N3O3S/c1-22(20,21)17-11(19)8-3-2-4-9(7-8)18-10(5-6-16-18)12(13,14)15/h2-7H,1H3,(H,17,19). The summed E-state index contributed by atoms with van der Waals surface area (Å²) in [5, 5.41) is 3.57. The number of sulfonamides is 1. The van der Waals surface area contributed by atoms with Crippen LogP contribution in [-0.2, 0) is 16.2 Å². The van der Waals surface area contributed by atoms with E-state index < -0.39 is 27.8 Å². The van der Waals surface area contributed by atoms with Crippen LogP contribution in [0, 0.1) is 0 Å². The molecule has 0 saturated carbocycles. The predicted octanol–water partition coefficient (Wildman–Crippen LogP) is 1.58. The number of carbonyl (C=O) groups excluding carboxylic acids is 1. The van der Waals surface area contributed by atoms with E-state index in [1.54, 1.807) is 4.72 Å². The maximum Gasteiger partial charge on any atom is 0.433 e. The van der Waals surface area contributed by atoms with Crippen LogP contribution in [0.1, 0.15) is 16.1 Å². The molecule has 6 nitrogen and oxygen atoms in total. The zero-order valence-corrected chi connectivity index (χ0v) is 11.9. The molecule has 1 heterocycles. The van der Waals surface area contributed by atoms with Crippen LogP contribution in [0.15, 0.2) is 36.5 Å². The number of hydrogen-bond acceptors (Lipinski definition) is 4. The number of benzene rings is 1. The smallest absolute Gasteiger partial charge is 0.268 e. The molecule has 1 amide bonds. The van der Waals surface area contributed by atoms with Crippen molar-refractivity contribution >= 4 is 15.9 Å². The van der Waals surface area contributed by atoms with Crippen LogP contribution < -0.4 is 4.72 Å². The van der Waals surface area contributed by atoms with Crippen molar-refractivity contribution in [1.82, 2.24) is 14.5 Å². The summed E-state index contributed by atoms with van der Waals surface area (Å²) in [5.74, 6) is -0.940. The number of nitrogens with one attached hydrogen (secondary N) is 1. The average molecular weight is 333 g/mol. The molecule has 0 aliphatic rings. The van der Waals surface area contributed by atoms with E-state index in [1.807, 2.05) is 0 Å². The molecule has 10 heteroatoms. The normalized spacial score (nSPS) is 12.2. The molecule has 0 saturated heterocycles. The van der Waals surface area contributed by atoms with Gasteiger partial charge in [-0.1, -0.05) is 6.07 Å². The SMILES string of the molecule is CS(=O)(=O)NC(=O)c1cccc(-n2nccc2C(F)(F)F)c1. The zero-order chi connectivity index (χ0) is 16.5. The Morgan fingerprint density at radius 2 is 1.95 bits per heavy atom. The lowest BCUT2D eigenvalue weighted by Crippen LogP contribution is -2.29. The molecular weight excluding hydrogens is 323 g/mol. The molecule has 1 N–H and O–H groups in total. The molecule has 0 radical (unpaired) electrons. The number of nitrogens with zero attached hydrogens (tertiary/aromatic N) is 2. The molecule has 0 spiro atoms. The molecule has 118 valence electrons. The Labute approximate surface area is 123 Å². The van der Waals surface area contributed by atoms with Gasteiger partial charge in [0, 0.05) is 5.56 Å². The minimum absolute atomic E-state index is 0.0153. The van der Waals surface area contributed by atoms with Gasteiger partial charge < -0.3 is 0 Å². The summed E-state index contributed by atoms with van der Waals surface area (Å²) in [6, 6.07) is 5.83. The van der Waals surface area contributed by atoms with Gasteiger partial charge in [0.2, 0.25) is 10.0 Å². The fourth-order valence-corrected chi connectivity index (χ4v) is 2.18. The number of carbonyl (C=O) groups is 1. The highest BCUT2D eigenvalue weighted by Crippen LogP contribution is 2.30. The van der Waals surface area contributed by atoms with Crippen molar-refractivity contribution in [3.8, 4) is 5.69 Å². The van der Waals surface area contributed by atoms with Crippen molar-refractivity contribution in [2.24, 2.45) is 0 Å². The van der Waals surface area contributed by atoms with E-state index in [2.05, 4.69) is 5.10 Å². The molecule has 0 aliphatic carbocycles. The highest BCUT2D eigenvalue weighted by Gasteiger charge is 2.35. The lowest BCUT2D eigenvalue weighted by molar-refractivity contribution is -0.142.